The first kappa shape index (κ1) is 13.0. The standard InChI is InChI=1S/C13H19N3O2S/c1-7(14)12-15-11(6-19-12)13(18)16-8-2-3-9(16)5-10(17)4-8/h6-10,17H,2-5,14H2,1H3. The van der Waals surface area contributed by atoms with Crippen LogP contribution in [0.2, 0.25) is 0 Å². The van der Waals surface area contributed by atoms with Gasteiger partial charge in [-0.2, -0.15) is 0 Å². The van der Waals surface area contributed by atoms with Crippen molar-refractivity contribution in [2.75, 3.05) is 0 Å². The molecule has 3 heterocycles. The van der Waals surface area contributed by atoms with Crippen LogP contribution >= 0.6 is 11.3 Å². The Kier molecular flexibility index (Phi) is 3.32. The molecule has 2 aliphatic rings. The highest BCUT2D eigenvalue weighted by molar-refractivity contribution is 7.09. The number of aliphatic hydroxyl groups is 1. The Hall–Kier alpha value is -0.980. The van der Waals surface area contributed by atoms with E-state index in [0.29, 0.717) is 18.5 Å². The Balaban J connectivity index is 1.80. The summed E-state index contributed by atoms with van der Waals surface area (Å²) in [6.45, 7) is 1.87. The van der Waals surface area contributed by atoms with Crippen molar-refractivity contribution in [3.8, 4) is 0 Å². The van der Waals surface area contributed by atoms with E-state index in [4.69, 9.17) is 5.73 Å². The monoisotopic (exact) mass is 281 g/mol. The fourth-order valence-corrected chi connectivity index (χ4v) is 3.96. The van der Waals surface area contributed by atoms with Crippen LogP contribution in [0, 0.1) is 0 Å². The minimum atomic E-state index is -0.253. The lowest BCUT2D eigenvalue weighted by molar-refractivity contribution is 0.0283. The first-order valence-corrected chi connectivity index (χ1v) is 7.66. The van der Waals surface area contributed by atoms with Gasteiger partial charge in [0, 0.05) is 17.5 Å². The molecule has 1 amide bonds. The van der Waals surface area contributed by atoms with Crippen LogP contribution in [0.15, 0.2) is 5.38 Å². The number of fused-ring (bicyclic) bond motifs is 2. The number of hydrogen-bond donors (Lipinski definition) is 2. The van der Waals surface area contributed by atoms with Gasteiger partial charge in [0.1, 0.15) is 10.7 Å². The number of carbonyl (C=O) groups is 1. The molecular formula is C13H19N3O2S. The third-order valence-electron chi connectivity index (χ3n) is 4.07. The lowest BCUT2D eigenvalue weighted by Crippen LogP contribution is -2.48. The van der Waals surface area contributed by atoms with E-state index in [1.54, 1.807) is 5.38 Å². The fraction of sp³-hybridized carbons (Fsp3) is 0.692. The zero-order valence-electron chi connectivity index (χ0n) is 11.0. The second-order valence-electron chi connectivity index (χ2n) is 5.58. The fourth-order valence-electron chi connectivity index (χ4n) is 3.21. The molecule has 3 unspecified atom stereocenters. The molecule has 3 atom stereocenters. The number of carbonyl (C=O) groups excluding carboxylic acids is 1. The van der Waals surface area contributed by atoms with E-state index in [1.807, 2.05) is 11.8 Å². The molecule has 0 spiro atoms. The van der Waals surface area contributed by atoms with Crippen LogP contribution in [0.25, 0.3) is 0 Å². The molecule has 2 aliphatic heterocycles. The van der Waals surface area contributed by atoms with Crippen molar-refractivity contribution in [2.45, 2.75) is 56.8 Å². The van der Waals surface area contributed by atoms with Gasteiger partial charge in [0.2, 0.25) is 0 Å². The van der Waals surface area contributed by atoms with Crippen molar-refractivity contribution < 1.29 is 9.90 Å². The topological polar surface area (TPSA) is 79.5 Å². The van der Waals surface area contributed by atoms with Gasteiger partial charge in [-0.05, 0) is 32.6 Å². The summed E-state index contributed by atoms with van der Waals surface area (Å²) in [7, 11) is 0. The number of rotatable bonds is 2. The summed E-state index contributed by atoms with van der Waals surface area (Å²) in [5.74, 6) is 0.00236. The molecule has 1 aromatic rings. The zero-order chi connectivity index (χ0) is 13.6. The molecule has 0 aromatic carbocycles. The first-order valence-electron chi connectivity index (χ1n) is 6.78. The molecule has 5 nitrogen and oxygen atoms in total. The van der Waals surface area contributed by atoms with Crippen molar-refractivity contribution >= 4 is 17.2 Å². The van der Waals surface area contributed by atoms with E-state index in [0.717, 1.165) is 17.8 Å². The number of piperidine rings is 1. The van der Waals surface area contributed by atoms with Crippen LogP contribution in [-0.4, -0.2) is 39.1 Å². The number of nitrogens with two attached hydrogens (primary N) is 1. The Morgan fingerprint density at radius 1 is 1.53 bits per heavy atom. The Bertz CT molecular complexity index is 474. The Morgan fingerprint density at radius 3 is 2.68 bits per heavy atom. The summed E-state index contributed by atoms with van der Waals surface area (Å²) in [6, 6.07) is 0.231. The molecule has 3 N–H and O–H groups in total. The minimum absolute atomic E-state index is 0.00236. The van der Waals surface area contributed by atoms with Gasteiger partial charge in [-0.15, -0.1) is 11.3 Å². The van der Waals surface area contributed by atoms with Crippen molar-refractivity contribution in [1.82, 2.24) is 9.88 Å². The molecule has 2 bridgehead atoms. The summed E-state index contributed by atoms with van der Waals surface area (Å²) in [6.07, 6.45) is 3.14. The predicted molar refractivity (Wildman–Crippen MR) is 72.9 cm³/mol. The zero-order valence-corrected chi connectivity index (χ0v) is 11.8. The summed E-state index contributed by atoms with van der Waals surface area (Å²) in [5, 5.41) is 12.4. The lowest BCUT2D eigenvalue weighted by atomic mass is 9.99. The molecule has 0 saturated carbocycles. The van der Waals surface area contributed by atoms with Crippen LogP contribution in [0.5, 0.6) is 0 Å². The molecule has 19 heavy (non-hydrogen) atoms. The second kappa shape index (κ2) is 4.85. The highest BCUT2D eigenvalue weighted by Gasteiger charge is 2.43. The number of thiazole rings is 1. The average molecular weight is 281 g/mol. The van der Waals surface area contributed by atoms with Crippen molar-refractivity contribution in [3.05, 3.63) is 16.1 Å². The highest BCUT2D eigenvalue weighted by Crippen LogP contribution is 2.36. The molecule has 3 rings (SSSR count). The maximum atomic E-state index is 12.6. The second-order valence-corrected chi connectivity index (χ2v) is 6.47. The van der Waals surface area contributed by atoms with E-state index in [9.17, 15) is 9.90 Å². The van der Waals surface area contributed by atoms with Crippen LogP contribution < -0.4 is 5.73 Å². The average Bonchev–Trinajstić information content (AvgIpc) is 2.93. The van der Waals surface area contributed by atoms with Crippen LogP contribution in [0.3, 0.4) is 0 Å². The number of hydrogen-bond acceptors (Lipinski definition) is 5. The normalized spacial score (nSPS) is 31.5. The SMILES string of the molecule is CC(N)c1nc(C(=O)N2C3CCC2CC(O)C3)cs1. The maximum Gasteiger partial charge on any atom is 0.273 e. The van der Waals surface area contributed by atoms with Gasteiger partial charge in [-0.1, -0.05) is 0 Å². The number of aliphatic hydroxyl groups excluding tert-OH is 1. The molecule has 6 heteroatoms. The summed E-state index contributed by atoms with van der Waals surface area (Å²) in [4.78, 5) is 18.8. The van der Waals surface area contributed by atoms with Gasteiger partial charge in [-0.25, -0.2) is 4.98 Å². The lowest BCUT2D eigenvalue weighted by Gasteiger charge is -2.36. The number of amides is 1. The molecule has 0 aliphatic carbocycles. The Morgan fingerprint density at radius 2 is 2.16 bits per heavy atom. The van der Waals surface area contributed by atoms with E-state index in [-0.39, 0.29) is 30.1 Å². The molecule has 2 saturated heterocycles. The molecule has 0 radical (unpaired) electrons. The van der Waals surface area contributed by atoms with Gasteiger partial charge < -0.3 is 15.7 Å². The third-order valence-corrected chi connectivity index (χ3v) is 5.12. The molecular weight excluding hydrogens is 262 g/mol. The predicted octanol–water partition coefficient (Wildman–Crippen LogP) is 1.29. The largest absolute Gasteiger partial charge is 0.393 e. The van der Waals surface area contributed by atoms with E-state index < -0.39 is 0 Å². The van der Waals surface area contributed by atoms with Crippen molar-refractivity contribution in [2.24, 2.45) is 5.73 Å². The highest BCUT2D eigenvalue weighted by atomic mass is 32.1. The Labute approximate surface area is 116 Å². The number of aromatic nitrogens is 1. The quantitative estimate of drug-likeness (QED) is 0.856. The first-order chi connectivity index (χ1) is 9.06. The summed E-state index contributed by atoms with van der Waals surface area (Å²) < 4.78 is 0. The number of nitrogens with zero attached hydrogens (tertiary/aromatic N) is 2. The van der Waals surface area contributed by atoms with Crippen molar-refractivity contribution in [3.63, 3.8) is 0 Å². The van der Waals surface area contributed by atoms with E-state index in [1.165, 1.54) is 11.3 Å². The minimum Gasteiger partial charge on any atom is -0.393 e. The van der Waals surface area contributed by atoms with Crippen molar-refractivity contribution in [1.29, 1.82) is 0 Å². The van der Waals surface area contributed by atoms with Gasteiger partial charge in [0.05, 0.1) is 12.1 Å². The van der Waals surface area contributed by atoms with Gasteiger partial charge >= 0.3 is 0 Å². The van der Waals surface area contributed by atoms with Crippen LogP contribution in [0.1, 0.15) is 54.1 Å². The van der Waals surface area contributed by atoms with Gasteiger partial charge in [0.15, 0.2) is 0 Å². The third kappa shape index (κ3) is 2.28. The van der Waals surface area contributed by atoms with E-state index in [2.05, 4.69) is 4.98 Å². The molecule has 1 aromatic heterocycles. The molecule has 104 valence electrons. The molecule has 2 fully saturated rings. The van der Waals surface area contributed by atoms with Crippen LogP contribution in [-0.2, 0) is 0 Å². The van der Waals surface area contributed by atoms with E-state index >= 15 is 0 Å². The maximum absolute atomic E-state index is 12.6. The summed E-state index contributed by atoms with van der Waals surface area (Å²) >= 11 is 1.44. The van der Waals surface area contributed by atoms with Gasteiger partial charge in [-0.3, -0.25) is 4.79 Å². The van der Waals surface area contributed by atoms with Crippen LogP contribution in [0.4, 0.5) is 0 Å². The van der Waals surface area contributed by atoms with Gasteiger partial charge in [0.25, 0.3) is 5.91 Å². The summed E-state index contributed by atoms with van der Waals surface area (Å²) in [5.41, 5.74) is 6.29. The smallest absolute Gasteiger partial charge is 0.273 e.